The SMILES string of the molecule is CCC(CC)O[C@@H]1C=C(C(=O)OC)[C@H](n2cc(C(O)CC)nn2)[C@H](N=C(N)N)[C@H]1NC(C)=O. The van der Waals surface area contributed by atoms with Crippen molar-refractivity contribution in [3.05, 3.63) is 23.5 Å². The van der Waals surface area contributed by atoms with Gasteiger partial charge >= 0.3 is 5.97 Å². The van der Waals surface area contributed by atoms with Gasteiger partial charge in [0.05, 0.1) is 43.2 Å². The van der Waals surface area contributed by atoms with Crippen molar-refractivity contribution >= 4 is 17.8 Å². The number of aliphatic hydroxyl groups excluding tert-OH is 1. The van der Waals surface area contributed by atoms with Crippen LogP contribution in [-0.2, 0) is 19.1 Å². The van der Waals surface area contributed by atoms with E-state index in [9.17, 15) is 14.7 Å². The summed E-state index contributed by atoms with van der Waals surface area (Å²) in [7, 11) is 1.26. The molecule has 0 aromatic carbocycles. The van der Waals surface area contributed by atoms with Crippen molar-refractivity contribution < 1.29 is 24.2 Å². The first-order chi connectivity index (χ1) is 15.7. The number of nitrogens with zero attached hydrogens (tertiary/aromatic N) is 4. The highest BCUT2D eigenvalue weighted by molar-refractivity contribution is 5.90. The molecule has 12 heteroatoms. The number of hydrogen-bond acceptors (Lipinski definition) is 8. The van der Waals surface area contributed by atoms with E-state index in [0.29, 0.717) is 12.1 Å². The summed E-state index contributed by atoms with van der Waals surface area (Å²) >= 11 is 0. The van der Waals surface area contributed by atoms with Gasteiger partial charge in [0.1, 0.15) is 17.8 Å². The third-order valence-corrected chi connectivity index (χ3v) is 5.60. The number of rotatable bonds is 10. The molecule has 1 unspecified atom stereocenters. The van der Waals surface area contributed by atoms with Gasteiger partial charge in [-0.2, -0.15) is 0 Å². The Balaban J connectivity index is 2.70. The molecule has 0 saturated carbocycles. The molecule has 1 aromatic rings. The smallest absolute Gasteiger partial charge is 0.335 e. The molecule has 1 heterocycles. The van der Waals surface area contributed by atoms with Crippen molar-refractivity contribution in [3.8, 4) is 0 Å². The number of ether oxygens (including phenoxy) is 2. The maximum atomic E-state index is 12.8. The first-order valence-corrected chi connectivity index (χ1v) is 11.1. The van der Waals surface area contributed by atoms with Crippen LogP contribution >= 0.6 is 0 Å². The minimum absolute atomic E-state index is 0.115. The van der Waals surface area contributed by atoms with Crippen molar-refractivity contribution in [1.29, 1.82) is 0 Å². The number of methoxy groups -OCH3 is 1. The summed E-state index contributed by atoms with van der Waals surface area (Å²) in [5.74, 6) is -1.17. The summed E-state index contributed by atoms with van der Waals surface area (Å²) in [5.41, 5.74) is 12.0. The number of aliphatic hydroxyl groups is 1. The lowest BCUT2D eigenvalue weighted by molar-refractivity contribution is -0.137. The summed E-state index contributed by atoms with van der Waals surface area (Å²) < 4.78 is 12.7. The maximum absolute atomic E-state index is 12.8. The molecule has 0 saturated heterocycles. The molecule has 0 aliphatic heterocycles. The Morgan fingerprint density at radius 1 is 1.27 bits per heavy atom. The number of carbonyl (C=O) groups is 2. The second-order valence-electron chi connectivity index (χ2n) is 7.92. The molecule has 184 valence electrons. The van der Waals surface area contributed by atoms with Crippen molar-refractivity contribution in [2.75, 3.05) is 7.11 Å². The van der Waals surface area contributed by atoms with Crippen molar-refractivity contribution in [3.63, 3.8) is 0 Å². The number of nitrogens with one attached hydrogen (secondary N) is 1. The minimum atomic E-state index is -0.872. The van der Waals surface area contributed by atoms with E-state index in [4.69, 9.17) is 20.9 Å². The number of amides is 1. The van der Waals surface area contributed by atoms with Crippen LogP contribution in [-0.4, -0.2) is 69.3 Å². The molecule has 1 aliphatic carbocycles. The molecule has 0 fully saturated rings. The van der Waals surface area contributed by atoms with Gasteiger partial charge in [0, 0.05) is 6.92 Å². The van der Waals surface area contributed by atoms with Crippen LogP contribution in [0.2, 0.25) is 0 Å². The molecule has 0 radical (unpaired) electrons. The quantitative estimate of drug-likeness (QED) is 0.212. The lowest BCUT2D eigenvalue weighted by atomic mass is 9.83. The van der Waals surface area contributed by atoms with Crippen LogP contribution in [0.4, 0.5) is 0 Å². The molecule has 1 amide bonds. The predicted molar refractivity (Wildman–Crippen MR) is 121 cm³/mol. The standard InChI is InChI=1S/C21H35N7O5/c1-6-12(7-2)33-16-9-13(20(31)32-5)19(28-10-14(26-27-28)15(30)8-3)18(25-21(22)23)17(16)24-11(4)29/h9-10,12,15-19,30H,6-8H2,1-5H3,(H,24,29)(H4,22,23,25)/t15?,16-,17+,18-,19+/m1/s1. The molecular weight excluding hydrogens is 430 g/mol. The summed E-state index contributed by atoms with van der Waals surface area (Å²) in [6.07, 6.45) is 3.39. The minimum Gasteiger partial charge on any atom is -0.466 e. The molecule has 0 spiro atoms. The van der Waals surface area contributed by atoms with Crippen molar-refractivity contribution in [2.45, 2.75) is 83.4 Å². The number of esters is 1. The summed E-state index contributed by atoms with van der Waals surface area (Å²) in [5, 5.41) is 21.2. The van der Waals surface area contributed by atoms with Crippen molar-refractivity contribution in [1.82, 2.24) is 20.3 Å². The van der Waals surface area contributed by atoms with Crippen LogP contribution in [0.15, 0.2) is 22.8 Å². The van der Waals surface area contributed by atoms with E-state index >= 15 is 0 Å². The van der Waals surface area contributed by atoms with Crippen LogP contribution in [0.1, 0.15) is 64.8 Å². The number of aromatic nitrogens is 3. The number of aliphatic imine (C=N–C) groups is 1. The van der Waals surface area contributed by atoms with Gasteiger partial charge in [-0.1, -0.05) is 26.0 Å². The lowest BCUT2D eigenvalue weighted by Crippen LogP contribution is -2.57. The fourth-order valence-corrected chi connectivity index (χ4v) is 3.90. The summed E-state index contributed by atoms with van der Waals surface area (Å²) in [6, 6.07) is -2.46. The van der Waals surface area contributed by atoms with Crippen LogP contribution in [0.25, 0.3) is 0 Å². The fourth-order valence-electron chi connectivity index (χ4n) is 3.90. The molecule has 1 aliphatic rings. The monoisotopic (exact) mass is 465 g/mol. The van der Waals surface area contributed by atoms with E-state index in [1.807, 2.05) is 13.8 Å². The van der Waals surface area contributed by atoms with Gasteiger partial charge < -0.3 is 31.4 Å². The maximum Gasteiger partial charge on any atom is 0.335 e. The van der Waals surface area contributed by atoms with Gasteiger partial charge in [0.25, 0.3) is 0 Å². The van der Waals surface area contributed by atoms with Gasteiger partial charge in [-0.05, 0) is 25.3 Å². The van der Waals surface area contributed by atoms with E-state index < -0.39 is 36.3 Å². The number of carbonyl (C=O) groups excluding carboxylic acids is 2. The largest absolute Gasteiger partial charge is 0.466 e. The average Bonchev–Trinajstić information content (AvgIpc) is 3.26. The van der Waals surface area contributed by atoms with E-state index in [-0.39, 0.29) is 23.5 Å². The van der Waals surface area contributed by atoms with Crippen LogP contribution in [0.5, 0.6) is 0 Å². The Hall–Kier alpha value is -2.99. The first kappa shape index (κ1) is 26.3. The lowest BCUT2D eigenvalue weighted by Gasteiger charge is -2.40. The van der Waals surface area contributed by atoms with Gasteiger partial charge in [0.2, 0.25) is 5.91 Å². The van der Waals surface area contributed by atoms with Gasteiger partial charge in [-0.25, -0.2) is 14.5 Å². The Labute approximate surface area is 193 Å². The fraction of sp³-hybridized carbons (Fsp3) is 0.667. The molecule has 2 rings (SSSR count). The Bertz CT molecular complexity index is 876. The van der Waals surface area contributed by atoms with E-state index in [0.717, 1.165) is 12.8 Å². The number of guanidine groups is 1. The predicted octanol–water partition coefficient (Wildman–Crippen LogP) is 0.0961. The highest BCUT2D eigenvalue weighted by atomic mass is 16.5. The topological polar surface area (TPSA) is 180 Å². The Morgan fingerprint density at radius 2 is 1.94 bits per heavy atom. The molecule has 33 heavy (non-hydrogen) atoms. The molecule has 6 N–H and O–H groups in total. The van der Waals surface area contributed by atoms with E-state index in [2.05, 4.69) is 20.6 Å². The molecular formula is C21H35N7O5. The normalized spacial score (nSPS) is 23.5. The van der Waals surface area contributed by atoms with Gasteiger partial charge in [-0.3, -0.25) is 4.79 Å². The van der Waals surface area contributed by atoms with E-state index in [1.165, 1.54) is 24.9 Å². The highest BCUT2D eigenvalue weighted by Crippen LogP contribution is 2.35. The second-order valence-corrected chi connectivity index (χ2v) is 7.92. The molecule has 1 aromatic heterocycles. The Kier molecular flexibility index (Phi) is 9.35. The number of hydrogen-bond donors (Lipinski definition) is 4. The highest BCUT2D eigenvalue weighted by Gasteiger charge is 2.46. The average molecular weight is 466 g/mol. The zero-order chi connectivity index (χ0) is 24.7. The number of nitrogens with two attached hydrogens (primary N) is 2. The van der Waals surface area contributed by atoms with Crippen LogP contribution in [0.3, 0.4) is 0 Å². The van der Waals surface area contributed by atoms with Crippen LogP contribution < -0.4 is 16.8 Å². The zero-order valence-electron chi connectivity index (χ0n) is 19.8. The van der Waals surface area contributed by atoms with Gasteiger partial charge in [0.15, 0.2) is 5.96 Å². The van der Waals surface area contributed by atoms with Gasteiger partial charge in [-0.15, -0.1) is 5.10 Å². The van der Waals surface area contributed by atoms with E-state index in [1.54, 1.807) is 13.0 Å². The molecule has 12 nitrogen and oxygen atoms in total. The van der Waals surface area contributed by atoms with Crippen LogP contribution in [0, 0.1) is 0 Å². The summed E-state index contributed by atoms with van der Waals surface area (Å²) in [4.78, 5) is 29.3. The first-order valence-electron chi connectivity index (χ1n) is 11.1. The third-order valence-electron chi connectivity index (χ3n) is 5.60. The third kappa shape index (κ3) is 6.29. The zero-order valence-corrected chi connectivity index (χ0v) is 19.8. The Morgan fingerprint density at radius 3 is 2.45 bits per heavy atom. The molecule has 0 bridgehead atoms. The molecule has 5 atom stereocenters. The van der Waals surface area contributed by atoms with Crippen molar-refractivity contribution in [2.24, 2.45) is 16.5 Å². The second kappa shape index (κ2) is 11.8. The summed E-state index contributed by atoms with van der Waals surface area (Å²) in [6.45, 7) is 7.16.